The van der Waals surface area contributed by atoms with Crippen LogP contribution < -0.4 is 5.73 Å². The quantitative estimate of drug-likeness (QED) is 0.694. The first-order valence-corrected chi connectivity index (χ1v) is 8.33. The molecule has 5 fully saturated rings. The molecule has 0 amide bonds. The van der Waals surface area contributed by atoms with Gasteiger partial charge >= 0.3 is 0 Å². The van der Waals surface area contributed by atoms with Crippen LogP contribution in [0.1, 0.15) is 47.0 Å². The SMILES string of the molecule is CC1O[C@@H]2O[C@]3(C)CC[C@H]4[C@H](C)C(N)C[C@@H]([C@H]1C)[C@@]24OO3. The lowest BCUT2D eigenvalue weighted by molar-refractivity contribution is -0.570. The van der Waals surface area contributed by atoms with Crippen molar-refractivity contribution >= 4 is 0 Å². The number of hydrogen-bond donors (Lipinski definition) is 1. The van der Waals surface area contributed by atoms with E-state index in [1.165, 1.54) is 0 Å². The molecule has 5 rings (SSSR count). The van der Waals surface area contributed by atoms with Crippen LogP contribution in [0.2, 0.25) is 0 Å². The molecule has 0 radical (unpaired) electrons. The maximum Gasteiger partial charge on any atom is 0.201 e. The van der Waals surface area contributed by atoms with Gasteiger partial charge in [-0.1, -0.05) is 13.8 Å². The molecule has 120 valence electrons. The predicted molar refractivity (Wildman–Crippen MR) is 75.9 cm³/mol. The monoisotopic (exact) mass is 297 g/mol. The molecular weight excluding hydrogens is 270 g/mol. The van der Waals surface area contributed by atoms with Crippen LogP contribution >= 0.6 is 0 Å². The Hall–Kier alpha value is -0.200. The van der Waals surface area contributed by atoms with Crippen LogP contribution in [0, 0.1) is 23.7 Å². The molecule has 1 saturated carbocycles. The Morgan fingerprint density at radius 2 is 1.81 bits per heavy atom. The van der Waals surface area contributed by atoms with Crippen molar-refractivity contribution in [2.75, 3.05) is 0 Å². The molecule has 9 atom stereocenters. The molecule has 21 heavy (non-hydrogen) atoms. The number of rotatable bonds is 0. The molecule has 2 unspecified atom stereocenters. The number of hydrogen-bond acceptors (Lipinski definition) is 5. The molecule has 2 bridgehead atoms. The zero-order valence-electron chi connectivity index (χ0n) is 13.4. The van der Waals surface area contributed by atoms with E-state index in [0.29, 0.717) is 23.7 Å². The van der Waals surface area contributed by atoms with Gasteiger partial charge in [0.15, 0.2) is 11.9 Å². The minimum atomic E-state index is -0.693. The lowest BCUT2D eigenvalue weighted by Gasteiger charge is -2.61. The van der Waals surface area contributed by atoms with Gasteiger partial charge in [0.1, 0.15) is 0 Å². The zero-order valence-corrected chi connectivity index (χ0v) is 13.4. The van der Waals surface area contributed by atoms with Gasteiger partial charge in [-0.05, 0) is 38.5 Å². The summed E-state index contributed by atoms with van der Waals surface area (Å²) in [5.74, 6) is 0.736. The summed E-state index contributed by atoms with van der Waals surface area (Å²) in [4.78, 5) is 11.8. The van der Waals surface area contributed by atoms with E-state index < -0.39 is 11.4 Å². The molecule has 4 heterocycles. The van der Waals surface area contributed by atoms with Gasteiger partial charge in [-0.15, -0.1) is 0 Å². The van der Waals surface area contributed by atoms with Gasteiger partial charge in [0.2, 0.25) is 5.79 Å². The van der Waals surface area contributed by atoms with Crippen molar-refractivity contribution in [3.8, 4) is 0 Å². The summed E-state index contributed by atoms with van der Waals surface area (Å²) in [6.07, 6.45) is 2.61. The van der Waals surface area contributed by atoms with E-state index in [9.17, 15) is 0 Å². The summed E-state index contributed by atoms with van der Waals surface area (Å²) in [6, 6.07) is 0.215. The van der Waals surface area contributed by atoms with Crippen LogP contribution in [0.25, 0.3) is 0 Å². The summed E-state index contributed by atoms with van der Waals surface area (Å²) < 4.78 is 12.4. The van der Waals surface area contributed by atoms with Gasteiger partial charge in [-0.2, -0.15) is 0 Å². The third-order valence-electron chi connectivity index (χ3n) is 6.71. The van der Waals surface area contributed by atoms with Crippen molar-refractivity contribution < 1.29 is 19.2 Å². The lowest BCUT2D eigenvalue weighted by atomic mass is 9.56. The molecule has 0 aromatic rings. The molecular formula is C16H27NO4. The molecule has 2 N–H and O–H groups in total. The van der Waals surface area contributed by atoms with Crippen LogP contribution in [0.4, 0.5) is 0 Å². The third kappa shape index (κ3) is 1.75. The summed E-state index contributed by atoms with van der Waals surface area (Å²) in [6.45, 7) is 8.55. The molecule has 0 aromatic carbocycles. The minimum absolute atomic E-state index is 0.151. The van der Waals surface area contributed by atoms with Crippen LogP contribution in [0.15, 0.2) is 0 Å². The van der Waals surface area contributed by atoms with Crippen molar-refractivity contribution in [3.05, 3.63) is 0 Å². The average molecular weight is 297 g/mol. The van der Waals surface area contributed by atoms with Gasteiger partial charge in [-0.25, -0.2) is 9.78 Å². The summed E-state index contributed by atoms with van der Waals surface area (Å²) >= 11 is 0. The van der Waals surface area contributed by atoms with Crippen molar-refractivity contribution in [1.82, 2.24) is 0 Å². The summed E-state index contributed by atoms with van der Waals surface area (Å²) in [5, 5.41) is 0. The van der Waals surface area contributed by atoms with Crippen molar-refractivity contribution in [2.45, 2.75) is 76.8 Å². The normalized spacial score (nSPS) is 63.0. The number of fused-ring (bicyclic) bond motifs is 2. The maximum absolute atomic E-state index is 6.46. The molecule has 0 aromatic heterocycles. The third-order valence-corrected chi connectivity index (χ3v) is 6.71. The lowest BCUT2D eigenvalue weighted by Crippen LogP contribution is -2.72. The minimum Gasteiger partial charge on any atom is -0.346 e. The fourth-order valence-corrected chi connectivity index (χ4v) is 5.10. The number of ether oxygens (including phenoxy) is 2. The highest BCUT2D eigenvalue weighted by molar-refractivity contribution is 5.11. The van der Waals surface area contributed by atoms with E-state index in [1.54, 1.807) is 0 Å². The fourth-order valence-electron chi connectivity index (χ4n) is 5.10. The predicted octanol–water partition coefficient (Wildman–Crippen LogP) is 2.19. The highest BCUT2D eigenvalue weighted by Crippen LogP contribution is 2.60. The maximum atomic E-state index is 6.46. The second-order valence-electron chi connectivity index (χ2n) is 7.81. The smallest absolute Gasteiger partial charge is 0.201 e. The Labute approximate surface area is 126 Å². The Morgan fingerprint density at radius 1 is 1.05 bits per heavy atom. The highest BCUT2D eigenvalue weighted by Gasteiger charge is 2.69. The zero-order chi connectivity index (χ0) is 15.0. The van der Waals surface area contributed by atoms with Crippen molar-refractivity contribution in [1.29, 1.82) is 0 Å². The molecule has 1 aliphatic carbocycles. The molecule has 5 nitrogen and oxygen atoms in total. The van der Waals surface area contributed by atoms with Crippen LogP contribution in [-0.4, -0.2) is 29.8 Å². The van der Waals surface area contributed by atoms with Crippen molar-refractivity contribution in [2.24, 2.45) is 29.4 Å². The van der Waals surface area contributed by atoms with Gasteiger partial charge in [-0.3, -0.25) is 0 Å². The second-order valence-corrected chi connectivity index (χ2v) is 7.81. The van der Waals surface area contributed by atoms with Gasteiger partial charge in [0.25, 0.3) is 0 Å². The Bertz CT molecular complexity index is 434. The molecule has 4 saturated heterocycles. The first-order valence-electron chi connectivity index (χ1n) is 8.33. The van der Waals surface area contributed by atoms with E-state index in [2.05, 4.69) is 20.8 Å². The van der Waals surface area contributed by atoms with Crippen LogP contribution in [-0.2, 0) is 19.2 Å². The Balaban J connectivity index is 1.83. The van der Waals surface area contributed by atoms with Gasteiger partial charge in [0, 0.05) is 24.3 Å². The van der Waals surface area contributed by atoms with E-state index in [0.717, 1.165) is 19.3 Å². The molecule has 1 spiro atoms. The van der Waals surface area contributed by atoms with Crippen LogP contribution in [0.5, 0.6) is 0 Å². The first kappa shape index (κ1) is 14.4. The number of nitrogens with two attached hydrogens (primary N) is 1. The van der Waals surface area contributed by atoms with E-state index >= 15 is 0 Å². The van der Waals surface area contributed by atoms with E-state index in [1.807, 2.05) is 6.92 Å². The topological polar surface area (TPSA) is 62.9 Å². The van der Waals surface area contributed by atoms with E-state index in [-0.39, 0.29) is 18.4 Å². The van der Waals surface area contributed by atoms with Crippen LogP contribution in [0.3, 0.4) is 0 Å². The van der Waals surface area contributed by atoms with Gasteiger partial charge in [0.05, 0.1) is 6.10 Å². The molecule has 4 aliphatic heterocycles. The summed E-state index contributed by atoms with van der Waals surface area (Å²) in [7, 11) is 0. The Morgan fingerprint density at radius 3 is 2.57 bits per heavy atom. The molecule has 5 aliphatic rings. The average Bonchev–Trinajstić information content (AvgIpc) is 2.66. The van der Waals surface area contributed by atoms with Gasteiger partial charge < -0.3 is 15.2 Å². The Kier molecular flexibility index (Phi) is 3.03. The standard InChI is InChI=1S/C16H27NO4/c1-8-10(3)18-14-16-11(9(2)13(17)7-12(8)16)5-6-15(4,19-14)20-21-16/h8-14H,5-7,17H2,1-4H3/t8-,9-,10?,11-,12-,13?,14+,15-,16+/m0/s1. The molecule has 5 heteroatoms. The van der Waals surface area contributed by atoms with Crippen molar-refractivity contribution in [3.63, 3.8) is 0 Å². The first-order chi connectivity index (χ1) is 9.87. The highest BCUT2D eigenvalue weighted by atomic mass is 17.3. The largest absolute Gasteiger partial charge is 0.346 e. The second kappa shape index (κ2) is 4.42. The summed E-state index contributed by atoms with van der Waals surface area (Å²) in [5.41, 5.74) is 5.97. The fraction of sp³-hybridized carbons (Fsp3) is 1.00. The van der Waals surface area contributed by atoms with E-state index in [4.69, 9.17) is 25.0 Å².